The molecule has 1 aliphatic rings. The van der Waals surface area contributed by atoms with E-state index in [1.807, 2.05) is 25.7 Å². The summed E-state index contributed by atoms with van der Waals surface area (Å²) in [6.45, 7) is 7.59. The molecule has 0 bridgehead atoms. The second-order valence-electron chi connectivity index (χ2n) is 7.26. The van der Waals surface area contributed by atoms with Crippen LogP contribution in [0.1, 0.15) is 46.5 Å². The lowest BCUT2D eigenvalue weighted by Crippen LogP contribution is -2.47. The Hall–Kier alpha value is -1.59. The number of likely N-dealkylation sites (tertiary alicyclic amines) is 1. The fourth-order valence-corrected chi connectivity index (χ4v) is 2.79. The van der Waals surface area contributed by atoms with E-state index in [1.165, 1.54) is 7.11 Å². The Balaban J connectivity index is 2.39. The Kier molecular flexibility index (Phi) is 7.03. The highest BCUT2D eigenvalue weighted by atomic mass is 16.5. The fraction of sp³-hybridized carbons (Fsp3) is 0.824. The number of carbonyl (C=O) groups is 3. The van der Waals surface area contributed by atoms with E-state index >= 15 is 0 Å². The van der Waals surface area contributed by atoms with Crippen LogP contribution in [0.3, 0.4) is 0 Å². The lowest BCUT2D eigenvalue weighted by Gasteiger charge is -2.36. The van der Waals surface area contributed by atoms with Crippen LogP contribution in [0.15, 0.2) is 0 Å². The first-order valence-electron chi connectivity index (χ1n) is 8.28. The van der Waals surface area contributed by atoms with E-state index < -0.39 is 0 Å². The minimum atomic E-state index is -0.373. The molecule has 23 heavy (non-hydrogen) atoms. The molecule has 0 aliphatic carbocycles. The van der Waals surface area contributed by atoms with Crippen LogP contribution in [0, 0.1) is 11.3 Å². The highest BCUT2D eigenvalue weighted by Crippen LogP contribution is 2.24. The van der Waals surface area contributed by atoms with E-state index in [9.17, 15) is 14.4 Å². The first-order chi connectivity index (χ1) is 10.7. The second kappa shape index (κ2) is 8.31. The predicted octanol–water partition coefficient (Wildman–Crippen LogP) is 1.68. The number of ether oxygens (including phenoxy) is 1. The molecule has 0 saturated carbocycles. The van der Waals surface area contributed by atoms with Gasteiger partial charge in [-0.25, -0.2) is 0 Å². The van der Waals surface area contributed by atoms with Crippen molar-refractivity contribution in [2.24, 2.45) is 11.3 Å². The quantitative estimate of drug-likeness (QED) is 0.721. The van der Waals surface area contributed by atoms with Crippen LogP contribution in [-0.2, 0) is 19.1 Å². The van der Waals surface area contributed by atoms with E-state index in [2.05, 4.69) is 4.74 Å². The lowest BCUT2D eigenvalue weighted by atomic mass is 9.90. The van der Waals surface area contributed by atoms with Crippen molar-refractivity contribution in [1.82, 2.24) is 9.80 Å². The number of hydrogen-bond acceptors (Lipinski definition) is 4. The van der Waals surface area contributed by atoms with Gasteiger partial charge in [0.2, 0.25) is 11.8 Å². The summed E-state index contributed by atoms with van der Waals surface area (Å²) in [4.78, 5) is 39.3. The number of methoxy groups -OCH3 is 1. The van der Waals surface area contributed by atoms with E-state index in [-0.39, 0.29) is 29.1 Å². The molecule has 1 rings (SSSR count). The summed E-state index contributed by atoms with van der Waals surface area (Å²) in [5.41, 5.74) is -0.373. The molecule has 0 radical (unpaired) electrons. The number of esters is 1. The molecule has 132 valence electrons. The van der Waals surface area contributed by atoms with Gasteiger partial charge in [0.15, 0.2) is 0 Å². The van der Waals surface area contributed by atoms with Gasteiger partial charge in [0.25, 0.3) is 0 Å². The zero-order chi connectivity index (χ0) is 17.6. The number of carbonyl (C=O) groups excluding carboxylic acids is 3. The number of rotatable bonds is 5. The standard InChI is InChI=1S/C17H30N2O4/c1-17(2,3)16(22)19-11-8-13(9-12-19)15(21)18(4)10-6-7-14(20)23-5/h13H,6-12H2,1-5H3. The Morgan fingerprint density at radius 1 is 1.17 bits per heavy atom. The second-order valence-corrected chi connectivity index (χ2v) is 7.26. The molecule has 1 fully saturated rings. The van der Waals surface area contributed by atoms with Crippen LogP contribution in [0.5, 0.6) is 0 Å². The Bertz CT molecular complexity index is 434. The zero-order valence-corrected chi connectivity index (χ0v) is 15.1. The number of amides is 2. The van der Waals surface area contributed by atoms with Gasteiger partial charge in [-0.1, -0.05) is 20.8 Å². The molecular formula is C17H30N2O4. The molecule has 1 aliphatic heterocycles. The first kappa shape index (κ1) is 19.5. The third-order valence-corrected chi connectivity index (χ3v) is 4.25. The minimum Gasteiger partial charge on any atom is -0.469 e. The summed E-state index contributed by atoms with van der Waals surface area (Å²) in [5, 5.41) is 0. The fourth-order valence-electron chi connectivity index (χ4n) is 2.79. The van der Waals surface area contributed by atoms with E-state index in [4.69, 9.17) is 0 Å². The summed E-state index contributed by atoms with van der Waals surface area (Å²) < 4.78 is 4.59. The van der Waals surface area contributed by atoms with Crippen molar-refractivity contribution < 1.29 is 19.1 Å². The monoisotopic (exact) mass is 326 g/mol. The van der Waals surface area contributed by atoms with Gasteiger partial charge in [0.1, 0.15) is 0 Å². The summed E-state index contributed by atoms with van der Waals surface area (Å²) in [5.74, 6) is -0.0189. The Morgan fingerprint density at radius 2 is 1.74 bits per heavy atom. The van der Waals surface area contributed by atoms with Crippen LogP contribution in [0.25, 0.3) is 0 Å². The smallest absolute Gasteiger partial charge is 0.305 e. The van der Waals surface area contributed by atoms with Crippen molar-refractivity contribution in [3.8, 4) is 0 Å². The highest BCUT2D eigenvalue weighted by Gasteiger charge is 2.33. The summed E-state index contributed by atoms with van der Waals surface area (Å²) in [7, 11) is 3.14. The Morgan fingerprint density at radius 3 is 2.22 bits per heavy atom. The number of nitrogens with zero attached hydrogens (tertiary/aromatic N) is 2. The van der Waals surface area contributed by atoms with Crippen LogP contribution in [-0.4, -0.2) is 61.4 Å². The average molecular weight is 326 g/mol. The van der Waals surface area contributed by atoms with Gasteiger partial charge < -0.3 is 14.5 Å². The molecule has 0 atom stereocenters. The van der Waals surface area contributed by atoms with Crippen molar-refractivity contribution in [3.05, 3.63) is 0 Å². The van der Waals surface area contributed by atoms with E-state index in [0.717, 1.165) is 0 Å². The maximum atomic E-state index is 12.4. The van der Waals surface area contributed by atoms with Crippen LogP contribution < -0.4 is 0 Å². The third-order valence-electron chi connectivity index (χ3n) is 4.25. The normalized spacial score (nSPS) is 16.1. The van der Waals surface area contributed by atoms with Gasteiger partial charge in [0.05, 0.1) is 7.11 Å². The van der Waals surface area contributed by atoms with Crippen molar-refractivity contribution in [1.29, 1.82) is 0 Å². The molecule has 0 unspecified atom stereocenters. The summed E-state index contributed by atoms with van der Waals surface area (Å²) in [6, 6.07) is 0. The van der Waals surface area contributed by atoms with Crippen molar-refractivity contribution in [3.63, 3.8) is 0 Å². The summed E-state index contributed by atoms with van der Waals surface area (Å²) >= 11 is 0. The summed E-state index contributed by atoms with van der Waals surface area (Å²) in [6.07, 6.45) is 2.35. The largest absolute Gasteiger partial charge is 0.469 e. The van der Waals surface area contributed by atoms with E-state index in [1.54, 1.807) is 11.9 Å². The molecule has 0 aromatic carbocycles. The van der Waals surface area contributed by atoms with Gasteiger partial charge in [0, 0.05) is 44.4 Å². The predicted molar refractivity (Wildman–Crippen MR) is 87.6 cm³/mol. The molecule has 6 nitrogen and oxygen atoms in total. The van der Waals surface area contributed by atoms with Gasteiger partial charge in [-0.05, 0) is 19.3 Å². The van der Waals surface area contributed by atoms with Gasteiger partial charge in [-0.3, -0.25) is 14.4 Å². The molecule has 6 heteroatoms. The molecule has 2 amide bonds. The van der Waals surface area contributed by atoms with E-state index in [0.29, 0.717) is 45.3 Å². The van der Waals surface area contributed by atoms with Gasteiger partial charge >= 0.3 is 5.97 Å². The number of piperidine rings is 1. The van der Waals surface area contributed by atoms with Crippen LogP contribution in [0.2, 0.25) is 0 Å². The minimum absolute atomic E-state index is 0.0258. The maximum Gasteiger partial charge on any atom is 0.305 e. The zero-order valence-electron chi connectivity index (χ0n) is 15.1. The lowest BCUT2D eigenvalue weighted by molar-refractivity contribution is -0.144. The molecule has 0 aromatic rings. The van der Waals surface area contributed by atoms with Crippen molar-refractivity contribution in [2.45, 2.75) is 46.5 Å². The van der Waals surface area contributed by atoms with Crippen LogP contribution in [0.4, 0.5) is 0 Å². The number of hydrogen-bond donors (Lipinski definition) is 0. The third kappa shape index (κ3) is 5.84. The van der Waals surface area contributed by atoms with Crippen molar-refractivity contribution in [2.75, 3.05) is 33.8 Å². The molecule has 0 aromatic heterocycles. The maximum absolute atomic E-state index is 12.4. The van der Waals surface area contributed by atoms with Gasteiger partial charge in [-0.2, -0.15) is 0 Å². The molecule has 0 N–H and O–H groups in total. The molecule has 0 spiro atoms. The average Bonchev–Trinajstić information content (AvgIpc) is 2.52. The topological polar surface area (TPSA) is 66.9 Å². The SMILES string of the molecule is COC(=O)CCCN(C)C(=O)C1CCN(C(=O)C(C)(C)C)CC1. The van der Waals surface area contributed by atoms with Crippen molar-refractivity contribution >= 4 is 17.8 Å². The molecule has 1 saturated heterocycles. The first-order valence-corrected chi connectivity index (χ1v) is 8.28. The van der Waals surface area contributed by atoms with Crippen LogP contribution >= 0.6 is 0 Å². The Labute approximate surface area is 139 Å². The highest BCUT2D eigenvalue weighted by molar-refractivity contribution is 5.82. The van der Waals surface area contributed by atoms with Gasteiger partial charge in [-0.15, -0.1) is 0 Å². The molecular weight excluding hydrogens is 296 g/mol. The molecule has 1 heterocycles.